The van der Waals surface area contributed by atoms with E-state index in [2.05, 4.69) is 28.9 Å². The van der Waals surface area contributed by atoms with E-state index in [1.54, 1.807) is 0 Å². The lowest BCUT2D eigenvalue weighted by atomic mass is 9.87. The van der Waals surface area contributed by atoms with E-state index in [-0.39, 0.29) is 23.8 Å². The van der Waals surface area contributed by atoms with Gasteiger partial charge >= 0.3 is 0 Å². The predicted molar refractivity (Wildman–Crippen MR) is 110 cm³/mol. The number of rotatable bonds is 3. The van der Waals surface area contributed by atoms with Gasteiger partial charge in [0.25, 0.3) is 5.91 Å². The lowest BCUT2D eigenvalue weighted by Gasteiger charge is -2.30. The monoisotopic (exact) mass is 397 g/mol. The van der Waals surface area contributed by atoms with E-state index in [0.717, 1.165) is 28.7 Å². The van der Waals surface area contributed by atoms with E-state index in [9.17, 15) is 9.59 Å². The molecule has 3 atom stereocenters. The molecule has 2 aromatic rings. The number of thiazole rings is 1. The first-order chi connectivity index (χ1) is 13.4. The summed E-state index contributed by atoms with van der Waals surface area (Å²) in [6.45, 7) is 10.0. The second-order valence-electron chi connectivity index (χ2n) is 7.98. The summed E-state index contributed by atoms with van der Waals surface area (Å²) < 4.78 is 0. The maximum absolute atomic E-state index is 13.1. The van der Waals surface area contributed by atoms with E-state index in [0.29, 0.717) is 18.9 Å². The largest absolute Gasteiger partial charge is 0.337 e. The SMILES string of the molecule is CCC(=O)N1C[C@@H]2CN(C(=O)c3sc(C)nc3C)C[C@@H]2[C@H]1c1ccccc1C. The number of likely N-dealkylation sites (tertiary alicyclic amines) is 2. The number of benzene rings is 1. The molecule has 2 saturated heterocycles. The van der Waals surface area contributed by atoms with Gasteiger partial charge in [0.15, 0.2) is 0 Å². The molecular formula is C22H27N3O2S. The Bertz CT molecular complexity index is 922. The average molecular weight is 398 g/mol. The fourth-order valence-corrected chi connectivity index (χ4v) is 5.75. The molecule has 1 aromatic carbocycles. The maximum atomic E-state index is 13.1. The van der Waals surface area contributed by atoms with Gasteiger partial charge in [-0.3, -0.25) is 9.59 Å². The Hall–Kier alpha value is -2.21. The number of nitrogens with zero attached hydrogens (tertiary/aromatic N) is 3. The van der Waals surface area contributed by atoms with E-state index in [1.165, 1.54) is 22.5 Å². The lowest BCUT2D eigenvalue weighted by Crippen LogP contribution is -2.37. The molecule has 0 unspecified atom stereocenters. The van der Waals surface area contributed by atoms with E-state index in [4.69, 9.17) is 0 Å². The van der Waals surface area contributed by atoms with Crippen molar-refractivity contribution in [3.05, 3.63) is 51.0 Å². The second kappa shape index (κ2) is 7.32. The third-order valence-corrected chi connectivity index (χ3v) is 7.24. The van der Waals surface area contributed by atoms with Crippen LogP contribution in [-0.4, -0.2) is 46.2 Å². The van der Waals surface area contributed by atoms with Crippen LogP contribution >= 0.6 is 11.3 Å². The molecule has 5 nitrogen and oxygen atoms in total. The second-order valence-corrected chi connectivity index (χ2v) is 9.19. The van der Waals surface area contributed by atoms with Crippen LogP contribution < -0.4 is 0 Å². The summed E-state index contributed by atoms with van der Waals surface area (Å²) in [5.41, 5.74) is 3.25. The van der Waals surface area contributed by atoms with Gasteiger partial charge in [-0.05, 0) is 31.9 Å². The topological polar surface area (TPSA) is 53.5 Å². The van der Waals surface area contributed by atoms with Gasteiger partial charge in [-0.2, -0.15) is 0 Å². The molecule has 1 aromatic heterocycles. The van der Waals surface area contributed by atoms with Gasteiger partial charge in [-0.15, -0.1) is 11.3 Å². The molecule has 0 aliphatic carbocycles. The van der Waals surface area contributed by atoms with E-state index in [1.807, 2.05) is 37.8 Å². The Morgan fingerprint density at radius 2 is 1.89 bits per heavy atom. The fraction of sp³-hybridized carbons (Fsp3) is 0.500. The third kappa shape index (κ3) is 3.13. The Morgan fingerprint density at radius 3 is 2.54 bits per heavy atom. The standard InChI is InChI=1S/C22H27N3O2S/c1-5-19(26)25-11-16-10-24(22(27)21-14(3)23-15(4)28-21)12-18(16)20(25)17-9-7-6-8-13(17)2/h6-9,16,18,20H,5,10-12H2,1-4H3/t16-,18-,20+/m0/s1. The number of amides is 2. The number of hydrogen-bond donors (Lipinski definition) is 0. The molecule has 28 heavy (non-hydrogen) atoms. The third-order valence-electron chi connectivity index (χ3n) is 6.18. The van der Waals surface area contributed by atoms with Crippen molar-refractivity contribution in [1.82, 2.24) is 14.8 Å². The van der Waals surface area contributed by atoms with Crippen LogP contribution in [0.5, 0.6) is 0 Å². The molecule has 2 amide bonds. The highest BCUT2D eigenvalue weighted by Crippen LogP contribution is 2.46. The van der Waals surface area contributed by atoms with E-state index >= 15 is 0 Å². The quantitative estimate of drug-likeness (QED) is 0.793. The highest BCUT2D eigenvalue weighted by Gasteiger charge is 2.50. The molecule has 0 spiro atoms. The first-order valence-electron chi connectivity index (χ1n) is 9.99. The highest BCUT2D eigenvalue weighted by atomic mass is 32.1. The smallest absolute Gasteiger partial charge is 0.265 e. The molecule has 0 bridgehead atoms. The summed E-state index contributed by atoms with van der Waals surface area (Å²) in [4.78, 5) is 35.0. The minimum atomic E-state index is 0.0562. The number of aromatic nitrogens is 1. The van der Waals surface area contributed by atoms with Crippen LogP contribution in [0.3, 0.4) is 0 Å². The molecule has 0 radical (unpaired) electrons. The summed E-state index contributed by atoms with van der Waals surface area (Å²) in [6.07, 6.45) is 0.518. The first kappa shape index (κ1) is 19.1. The van der Waals surface area contributed by atoms with Gasteiger partial charge < -0.3 is 9.80 Å². The Labute approximate surface area is 170 Å². The fourth-order valence-electron chi connectivity index (χ4n) is 4.86. The van der Waals surface area contributed by atoms with Crippen LogP contribution in [0, 0.1) is 32.6 Å². The van der Waals surface area contributed by atoms with Gasteiger partial charge in [-0.25, -0.2) is 4.98 Å². The molecule has 2 fully saturated rings. The van der Waals surface area contributed by atoms with Crippen LogP contribution in [0.25, 0.3) is 0 Å². The number of carbonyl (C=O) groups excluding carboxylic acids is 2. The van der Waals surface area contributed by atoms with Gasteiger partial charge in [0.2, 0.25) is 5.91 Å². The summed E-state index contributed by atoms with van der Waals surface area (Å²) >= 11 is 1.48. The van der Waals surface area contributed by atoms with Crippen molar-refractivity contribution in [1.29, 1.82) is 0 Å². The normalized spacial score (nSPS) is 23.9. The predicted octanol–water partition coefficient (Wildman–Crippen LogP) is 3.75. The number of hydrogen-bond acceptors (Lipinski definition) is 4. The minimum absolute atomic E-state index is 0.0562. The zero-order valence-electron chi connectivity index (χ0n) is 16.9. The molecule has 2 aliphatic rings. The van der Waals surface area contributed by atoms with Crippen molar-refractivity contribution in [3.63, 3.8) is 0 Å². The van der Waals surface area contributed by atoms with Crippen molar-refractivity contribution >= 4 is 23.2 Å². The van der Waals surface area contributed by atoms with Crippen molar-refractivity contribution in [3.8, 4) is 0 Å². The minimum Gasteiger partial charge on any atom is -0.337 e. The summed E-state index contributed by atoms with van der Waals surface area (Å²) in [5.74, 6) is 0.914. The zero-order chi connectivity index (χ0) is 20.0. The summed E-state index contributed by atoms with van der Waals surface area (Å²) in [5, 5.41) is 0.928. The Morgan fingerprint density at radius 1 is 1.14 bits per heavy atom. The van der Waals surface area contributed by atoms with Crippen molar-refractivity contribution < 1.29 is 9.59 Å². The van der Waals surface area contributed by atoms with E-state index < -0.39 is 0 Å². The van der Waals surface area contributed by atoms with Crippen LogP contribution in [0.15, 0.2) is 24.3 Å². The molecule has 0 N–H and O–H groups in total. The molecule has 2 aliphatic heterocycles. The number of fused-ring (bicyclic) bond motifs is 1. The first-order valence-corrected chi connectivity index (χ1v) is 10.8. The summed E-state index contributed by atoms with van der Waals surface area (Å²) in [7, 11) is 0. The van der Waals surface area contributed by atoms with Crippen LogP contribution in [0.1, 0.15) is 50.9 Å². The van der Waals surface area contributed by atoms with Gasteiger partial charge in [-0.1, -0.05) is 31.2 Å². The van der Waals surface area contributed by atoms with Gasteiger partial charge in [0.1, 0.15) is 4.88 Å². The van der Waals surface area contributed by atoms with Crippen LogP contribution in [-0.2, 0) is 4.79 Å². The molecular weight excluding hydrogens is 370 g/mol. The van der Waals surface area contributed by atoms with Crippen LogP contribution in [0.4, 0.5) is 0 Å². The van der Waals surface area contributed by atoms with Crippen molar-refractivity contribution in [2.75, 3.05) is 19.6 Å². The number of carbonyl (C=O) groups is 2. The van der Waals surface area contributed by atoms with Crippen LogP contribution in [0.2, 0.25) is 0 Å². The Balaban J connectivity index is 1.63. The molecule has 148 valence electrons. The van der Waals surface area contributed by atoms with Gasteiger partial charge in [0.05, 0.1) is 16.7 Å². The van der Waals surface area contributed by atoms with Gasteiger partial charge in [0, 0.05) is 37.9 Å². The zero-order valence-corrected chi connectivity index (χ0v) is 17.8. The lowest BCUT2D eigenvalue weighted by molar-refractivity contribution is -0.132. The molecule has 0 saturated carbocycles. The van der Waals surface area contributed by atoms with Crippen molar-refractivity contribution in [2.45, 2.75) is 40.2 Å². The summed E-state index contributed by atoms with van der Waals surface area (Å²) in [6, 6.07) is 8.39. The maximum Gasteiger partial charge on any atom is 0.265 e. The number of aryl methyl sites for hydroxylation is 3. The highest BCUT2D eigenvalue weighted by molar-refractivity contribution is 7.13. The average Bonchev–Trinajstić information content (AvgIpc) is 3.33. The molecule has 3 heterocycles. The molecule has 4 rings (SSSR count). The Kier molecular flexibility index (Phi) is 5.00. The van der Waals surface area contributed by atoms with Crippen molar-refractivity contribution in [2.24, 2.45) is 11.8 Å². The molecule has 6 heteroatoms.